The second-order valence-corrected chi connectivity index (χ2v) is 4.96. The molecule has 0 saturated heterocycles. The Morgan fingerprint density at radius 3 is 2.47 bits per heavy atom. The van der Waals surface area contributed by atoms with Crippen LogP contribution in [0.1, 0.15) is 40.0 Å². The Morgan fingerprint density at radius 1 is 1.53 bits per heavy atom. The molecule has 5 heteroatoms. The second-order valence-electron chi connectivity index (χ2n) is 4.96. The molecule has 1 amide bonds. The van der Waals surface area contributed by atoms with Crippen molar-refractivity contribution in [3.63, 3.8) is 0 Å². The maximum atomic E-state index is 12.4. The Kier molecular flexibility index (Phi) is 4.37. The van der Waals surface area contributed by atoms with E-state index in [0.717, 1.165) is 6.54 Å². The van der Waals surface area contributed by atoms with E-state index in [9.17, 15) is 4.79 Å². The molecule has 3 N–H and O–H groups in total. The molecular weight excluding hydrogens is 218 g/mol. The smallest absolute Gasteiger partial charge is 0.236 e. The number of hydrogen-bond acceptors (Lipinski definition) is 3. The number of carbonyl (C=O) groups excluding carboxylic acids is 1. The highest BCUT2D eigenvalue weighted by molar-refractivity contribution is 6.06. The van der Waals surface area contributed by atoms with Crippen LogP contribution >= 0.6 is 0 Å². The van der Waals surface area contributed by atoms with E-state index in [4.69, 9.17) is 10.9 Å². The number of nitrogens with two attached hydrogens (primary N) is 1. The molecule has 1 aliphatic carbocycles. The second kappa shape index (κ2) is 5.38. The van der Waals surface area contributed by atoms with Gasteiger partial charge in [0.1, 0.15) is 5.41 Å². The summed E-state index contributed by atoms with van der Waals surface area (Å²) in [7, 11) is 0. The third-order valence-electron chi connectivity index (χ3n) is 3.70. The molecule has 0 spiro atoms. The average molecular weight is 241 g/mol. The van der Waals surface area contributed by atoms with E-state index < -0.39 is 5.41 Å². The van der Waals surface area contributed by atoms with Crippen LogP contribution in [0.3, 0.4) is 0 Å². The molecule has 0 aromatic heterocycles. The van der Waals surface area contributed by atoms with Gasteiger partial charge < -0.3 is 15.8 Å². The topological polar surface area (TPSA) is 78.9 Å². The largest absolute Gasteiger partial charge is 0.409 e. The molecule has 1 rings (SSSR count). The highest BCUT2D eigenvalue weighted by Gasteiger charge is 2.40. The minimum Gasteiger partial charge on any atom is -0.409 e. The normalized spacial score (nSPS) is 19.8. The predicted molar refractivity (Wildman–Crippen MR) is 66.8 cm³/mol. The van der Waals surface area contributed by atoms with Crippen LogP contribution in [0.15, 0.2) is 5.16 Å². The molecule has 0 heterocycles. The molecule has 1 aliphatic rings. The molecular formula is C12H23N3O2. The molecule has 1 fully saturated rings. The van der Waals surface area contributed by atoms with Crippen LogP contribution < -0.4 is 5.73 Å². The first kappa shape index (κ1) is 13.8. The van der Waals surface area contributed by atoms with E-state index >= 15 is 0 Å². The molecule has 17 heavy (non-hydrogen) atoms. The summed E-state index contributed by atoms with van der Waals surface area (Å²) in [5.74, 6) is 0.608. The van der Waals surface area contributed by atoms with Crippen molar-refractivity contribution in [2.24, 2.45) is 22.2 Å². The fraction of sp³-hybridized carbons (Fsp3) is 0.833. The van der Waals surface area contributed by atoms with Crippen molar-refractivity contribution >= 4 is 11.7 Å². The van der Waals surface area contributed by atoms with Crippen molar-refractivity contribution in [1.82, 2.24) is 4.90 Å². The summed E-state index contributed by atoms with van der Waals surface area (Å²) in [4.78, 5) is 14.3. The van der Waals surface area contributed by atoms with E-state index in [1.807, 2.05) is 18.7 Å². The first-order valence-electron chi connectivity index (χ1n) is 6.26. The van der Waals surface area contributed by atoms with Gasteiger partial charge in [0.25, 0.3) is 0 Å². The molecule has 0 aromatic carbocycles. The van der Waals surface area contributed by atoms with Crippen LogP contribution in [0.2, 0.25) is 0 Å². The van der Waals surface area contributed by atoms with Crippen LogP contribution in [-0.4, -0.2) is 34.9 Å². The summed E-state index contributed by atoms with van der Waals surface area (Å²) in [6.07, 6.45) is 2.94. The molecule has 1 saturated carbocycles. The first-order chi connectivity index (χ1) is 7.99. The molecule has 1 unspecified atom stereocenters. The predicted octanol–water partition coefficient (Wildman–Crippen LogP) is 1.41. The lowest BCUT2D eigenvalue weighted by atomic mass is 9.84. The Labute approximate surface area is 103 Å². The van der Waals surface area contributed by atoms with Gasteiger partial charge in [-0.1, -0.05) is 12.1 Å². The Hall–Kier alpha value is -1.26. The molecule has 0 radical (unpaired) electrons. The standard InChI is InChI=1S/C12H23N3O2/c1-4-12(3,10(13)14-17)11(16)15(5-2)8-9-6-7-9/h9,17H,4-8H2,1-3H3,(H2,13,14). The molecule has 0 aromatic rings. The molecule has 0 aliphatic heterocycles. The zero-order chi connectivity index (χ0) is 13.1. The summed E-state index contributed by atoms with van der Waals surface area (Å²) in [5, 5.41) is 11.8. The lowest BCUT2D eigenvalue weighted by Gasteiger charge is -2.32. The summed E-state index contributed by atoms with van der Waals surface area (Å²) >= 11 is 0. The number of nitrogens with zero attached hydrogens (tertiary/aromatic N) is 2. The number of amidine groups is 1. The summed E-state index contributed by atoms with van der Waals surface area (Å²) < 4.78 is 0. The van der Waals surface area contributed by atoms with Gasteiger partial charge in [-0.3, -0.25) is 4.79 Å². The Balaban J connectivity index is 2.81. The fourth-order valence-corrected chi connectivity index (χ4v) is 1.87. The van der Waals surface area contributed by atoms with Crippen molar-refractivity contribution in [3.05, 3.63) is 0 Å². The zero-order valence-electron chi connectivity index (χ0n) is 10.9. The summed E-state index contributed by atoms with van der Waals surface area (Å²) in [6.45, 7) is 7.04. The number of hydrogen-bond donors (Lipinski definition) is 2. The monoisotopic (exact) mass is 241 g/mol. The minimum atomic E-state index is -0.889. The Bertz CT molecular complexity index is 313. The van der Waals surface area contributed by atoms with Crippen LogP contribution in [0.25, 0.3) is 0 Å². The summed E-state index contributed by atoms with van der Waals surface area (Å²) in [5.41, 5.74) is 4.77. The maximum absolute atomic E-state index is 12.4. The van der Waals surface area contributed by atoms with E-state index in [1.165, 1.54) is 12.8 Å². The van der Waals surface area contributed by atoms with Crippen LogP contribution in [0.4, 0.5) is 0 Å². The Morgan fingerprint density at radius 2 is 2.12 bits per heavy atom. The SMILES string of the molecule is CCN(CC1CC1)C(=O)C(C)(CC)C(N)=NO. The van der Waals surface area contributed by atoms with Crippen LogP contribution in [0, 0.1) is 11.3 Å². The number of oxime groups is 1. The van der Waals surface area contributed by atoms with Gasteiger partial charge in [0, 0.05) is 13.1 Å². The maximum Gasteiger partial charge on any atom is 0.236 e. The van der Waals surface area contributed by atoms with Crippen molar-refractivity contribution < 1.29 is 10.0 Å². The van der Waals surface area contributed by atoms with E-state index in [-0.39, 0.29) is 11.7 Å². The van der Waals surface area contributed by atoms with E-state index in [1.54, 1.807) is 6.92 Å². The van der Waals surface area contributed by atoms with Crippen LogP contribution in [0.5, 0.6) is 0 Å². The van der Waals surface area contributed by atoms with E-state index in [0.29, 0.717) is 18.9 Å². The quantitative estimate of drug-likeness (QED) is 0.319. The highest BCUT2D eigenvalue weighted by atomic mass is 16.4. The van der Waals surface area contributed by atoms with Gasteiger partial charge in [0.05, 0.1) is 0 Å². The third-order valence-corrected chi connectivity index (χ3v) is 3.70. The van der Waals surface area contributed by atoms with Gasteiger partial charge in [-0.15, -0.1) is 0 Å². The zero-order valence-corrected chi connectivity index (χ0v) is 10.9. The van der Waals surface area contributed by atoms with Gasteiger partial charge in [0.2, 0.25) is 5.91 Å². The van der Waals surface area contributed by atoms with Crippen molar-refractivity contribution in [2.45, 2.75) is 40.0 Å². The van der Waals surface area contributed by atoms with Gasteiger partial charge in [0.15, 0.2) is 5.84 Å². The lowest BCUT2D eigenvalue weighted by Crippen LogP contribution is -2.50. The first-order valence-corrected chi connectivity index (χ1v) is 6.26. The average Bonchev–Trinajstić information content (AvgIpc) is 3.16. The molecule has 98 valence electrons. The lowest BCUT2D eigenvalue weighted by molar-refractivity contribution is -0.138. The number of carbonyl (C=O) groups is 1. The van der Waals surface area contributed by atoms with Crippen molar-refractivity contribution in [2.75, 3.05) is 13.1 Å². The molecule has 1 atom stereocenters. The number of rotatable bonds is 6. The van der Waals surface area contributed by atoms with Gasteiger partial charge in [-0.25, -0.2) is 0 Å². The van der Waals surface area contributed by atoms with Crippen molar-refractivity contribution in [1.29, 1.82) is 0 Å². The van der Waals surface area contributed by atoms with E-state index in [2.05, 4.69) is 5.16 Å². The fourth-order valence-electron chi connectivity index (χ4n) is 1.87. The van der Waals surface area contributed by atoms with Crippen molar-refractivity contribution in [3.8, 4) is 0 Å². The van der Waals surface area contributed by atoms with Crippen LogP contribution in [-0.2, 0) is 4.79 Å². The molecule has 0 bridgehead atoms. The highest BCUT2D eigenvalue weighted by Crippen LogP contribution is 2.32. The van der Waals surface area contributed by atoms with Gasteiger partial charge >= 0.3 is 0 Å². The minimum absolute atomic E-state index is 0.000697. The van der Waals surface area contributed by atoms with Gasteiger partial charge in [-0.2, -0.15) is 0 Å². The molecule has 5 nitrogen and oxygen atoms in total. The number of amides is 1. The van der Waals surface area contributed by atoms with Gasteiger partial charge in [-0.05, 0) is 39.0 Å². The summed E-state index contributed by atoms with van der Waals surface area (Å²) in [6, 6.07) is 0. The third kappa shape index (κ3) is 2.90.